The standard InChI is InChI=1S/C24H33N3O2/c1-26(2)15-19-8-10-24(11-9-19)18-27(16-20-5-4-12-25-14-20)17-21-13-22(28-3)6-7-23(21)29-24/h4-7,12-14,19H,8-11,15-18H2,1-3H3. The highest BCUT2D eigenvalue weighted by Crippen LogP contribution is 2.41. The van der Waals surface area contributed by atoms with Gasteiger partial charge in [-0.3, -0.25) is 9.88 Å². The van der Waals surface area contributed by atoms with Crippen LogP contribution in [0.15, 0.2) is 42.7 Å². The molecular formula is C24H33N3O2. The average molecular weight is 396 g/mol. The number of benzene rings is 1. The summed E-state index contributed by atoms with van der Waals surface area (Å²) in [4.78, 5) is 9.14. The van der Waals surface area contributed by atoms with Crippen LogP contribution in [0.1, 0.15) is 36.8 Å². The molecule has 5 heteroatoms. The Morgan fingerprint density at radius 1 is 1.24 bits per heavy atom. The van der Waals surface area contributed by atoms with Gasteiger partial charge in [0.05, 0.1) is 7.11 Å². The third-order valence-corrected chi connectivity index (χ3v) is 6.27. The van der Waals surface area contributed by atoms with Crippen molar-refractivity contribution in [3.63, 3.8) is 0 Å². The average Bonchev–Trinajstić information content (AvgIpc) is 2.86. The van der Waals surface area contributed by atoms with Crippen LogP contribution >= 0.6 is 0 Å². The third-order valence-electron chi connectivity index (χ3n) is 6.27. The summed E-state index contributed by atoms with van der Waals surface area (Å²) in [5, 5.41) is 0. The Bertz CT molecular complexity index is 801. The molecule has 2 heterocycles. The second kappa shape index (κ2) is 8.72. The Hall–Kier alpha value is -2.11. The van der Waals surface area contributed by atoms with Gasteiger partial charge in [-0.1, -0.05) is 6.07 Å². The molecule has 1 spiro atoms. The van der Waals surface area contributed by atoms with Gasteiger partial charge in [0, 0.05) is 44.1 Å². The Morgan fingerprint density at radius 2 is 2.07 bits per heavy atom. The molecule has 0 saturated heterocycles. The zero-order chi connectivity index (χ0) is 20.3. The predicted octanol–water partition coefficient (Wildman–Crippen LogP) is 3.98. The summed E-state index contributed by atoms with van der Waals surface area (Å²) in [6.45, 7) is 3.87. The van der Waals surface area contributed by atoms with Gasteiger partial charge in [0.1, 0.15) is 17.1 Å². The molecule has 1 saturated carbocycles. The van der Waals surface area contributed by atoms with E-state index in [0.29, 0.717) is 0 Å². The number of methoxy groups -OCH3 is 1. The summed E-state index contributed by atoms with van der Waals surface area (Å²) in [5.74, 6) is 2.68. The first-order valence-corrected chi connectivity index (χ1v) is 10.7. The summed E-state index contributed by atoms with van der Waals surface area (Å²) < 4.78 is 12.3. The molecule has 2 aromatic rings. The monoisotopic (exact) mass is 395 g/mol. The molecule has 29 heavy (non-hydrogen) atoms. The summed E-state index contributed by atoms with van der Waals surface area (Å²) in [6, 6.07) is 10.4. The van der Waals surface area contributed by atoms with Crippen molar-refractivity contribution in [1.82, 2.24) is 14.8 Å². The molecule has 5 nitrogen and oxygen atoms in total. The van der Waals surface area contributed by atoms with E-state index in [2.05, 4.69) is 47.1 Å². The number of hydrogen-bond donors (Lipinski definition) is 0. The highest BCUT2D eigenvalue weighted by atomic mass is 16.5. The fourth-order valence-electron chi connectivity index (χ4n) is 4.90. The van der Waals surface area contributed by atoms with Gasteiger partial charge in [-0.2, -0.15) is 0 Å². The van der Waals surface area contributed by atoms with Gasteiger partial charge in [-0.05, 0) is 75.5 Å². The molecule has 0 N–H and O–H groups in total. The Kier molecular flexibility index (Phi) is 6.07. The van der Waals surface area contributed by atoms with Crippen molar-refractivity contribution in [2.24, 2.45) is 5.92 Å². The van der Waals surface area contributed by atoms with Crippen LogP contribution in [0.3, 0.4) is 0 Å². The van der Waals surface area contributed by atoms with E-state index in [-0.39, 0.29) is 5.60 Å². The van der Waals surface area contributed by atoms with E-state index in [1.54, 1.807) is 7.11 Å². The molecule has 2 aliphatic rings. The summed E-state index contributed by atoms with van der Waals surface area (Å²) in [5.41, 5.74) is 2.35. The lowest BCUT2D eigenvalue weighted by atomic mass is 9.78. The van der Waals surface area contributed by atoms with Crippen LogP contribution in [0.25, 0.3) is 0 Å². The predicted molar refractivity (Wildman–Crippen MR) is 115 cm³/mol. The van der Waals surface area contributed by atoms with Crippen LogP contribution in [0, 0.1) is 5.92 Å². The van der Waals surface area contributed by atoms with Gasteiger partial charge in [-0.15, -0.1) is 0 Å². The fraction of sp³-hybridized carbons (Fsp3) is 0.542. The zero-order valence-electron chi connectivity index (χ0n) is 17.9. The minimum atomic E-state index is -0.106. The number of aromatic nitrogens is 1. The van der Waals surface area contributed by atoms with Crippen molar-refractivity contribution in [3.05, 3.63) is 53.9 Å². The molecule has 1 aromatic heterocycles. The molecule has 0 unspecified atom stereocenters. The second-order valence-corrected chi connectivity index (χ2v) is 8.97. The number of hydrogen-bond acceptors (Lipinski definition) is 5. The molecule has 1 aliphatic heterocycles. The van der Waals surface area contributed by atoms with Crippen molar-refractivity contribution in [2.45, 2.75) is 44.4 Å². The van der Waals surface area contributed by atoms with E-state index in [4.69, 9.17) is 9.47 Å². The maximum absolute atomic E-state index is 6.78. The van der Waals surface area contributed by atoms with Crippen LogP contribution in [0.4, 0.5) is 0 Å². The third kappa shape index (κ3) is 4.90. The maximum Gasteiger partial charge on any atom is 0.124 e. The first kappa shape index (κ1) is 20.2. The van der Waals surface area contributed by atoms with Crippen LogP contribution in [-0.2, 0) is 13.1 Å². The number of ether oxygens (including phenoxy) is 2. The molecule has 4 rings (SSSR count). The number of nitrogens with zero attached hydrogens (tertiary/aromatic N) is 3. The van der Waals surface area contributed by atoms with Gasteiger partial charge < -0.3 is 14.4 Å². The van der Waals surface area contributed by atoms with E-state index in [1.807, 2.05) is 24.5 Å². The van der Waals surface area contributed by atoms with Gasteiger partial charge >= 0.3 is 0 Å². The number of fused-ring (bicyclic) bond motifs is 1. The van der Waals surface area contributed by atoms with E-state index >= 15 is 0 Å². The maximum atomic E-state index is 6.78. The van der Waals surface area contributed by atoms with Crippen molar-refractivity contribution in [3.8, 4) is 11.5 Å². The normalized spacial score (nSPS) is 24.8. The zero-order valence-corrected chi connectivity index (χ0v) is 17.9. The molecule has 0 radical (unpaired) electrons. The summed E-state index contributed by atoms with van der Waals surface area (Å²) >= 11 is 0. The Labute approximate surface area is 174 Å². The van der Waals surface area contributed by atoms with Crippen molar-refractivity contribution in [1.29, 1.82) is 0 Å². The van der Waals surface area contributed by atoms with Crippen molar-refractivity contribution >= 4 is 0 Å². The van der Waals surface area contributed by atoms with Gasteiger partial charge in [-0.25, -0.2) is 0 Å². The quantitative estimate of drug-likeness (QED) is 0.766. The van der Waals surface area contributed by atoms with Crippen molar-refractivity contribution in [2.75, 3.05) is 34.3 Å². The van der Waals surface area contributed by atoms with E-state index in [0.717, 1.165) is 49.9 Å². The second-order valence-electron chi connectivity index (χ2n) is 8.97. The first-order valence-electron chi connectivity index (χ1n) is 10.7. The molecule has 1 aromatic carbocycles. The van der Waals surface area contributed by atoms with Gasteiger partial charge in [0.15, 0.2) is 0 Å². The molecular weight excluding hydrogens is 362 g/mol. The van der Waals surface area contributed by atoms with Crippen LogP contribution in [0.2, 0.25) is 0 Å². The van der Waals surface area contributed by atoms with E-state index < -0.39 is 0 Å². The minimum absolute atomic E-state index is 0.106. The summed E-state index contributed by atoms with van der Waals surface area (Å²) in [6.07, 6.45) is 8.48. The largest absolute Gasteiger partial charge is 0.497 e. The lowest BCUT2D eigenvalue weighted by Gasteiger charge is -2.42. The van der Waals surface area contributed by atoms with Crippen LogP contribution in [0.5, 0.6) is 11.5 Å². The van der Waals surface area contributed by atoms with Gasteiger partial charge in [0.2, 0.25) is 0 Å². The lowest BCUT2D eigenvalue weighted by molar-refractivity contribution is -0.0114. The van der Waals surface area contributed by atoms with E-state index in [9.17, 15) is 0 Å². The smallest absolute Gasteiger partial charge is 0.124 e. The molecule has 1 aliphatic carbocycles. The topological polar surface area (TPSA) is 37.8 Å². The molecule has 156 valence electrons. The van der Waals surface area contributed by atoms with E-state index in [1.165, 1.54) is 30.5 Å². The Balaban J connectivity index is 1.58. The highest BCUT2D eigenvalue weighted by molar-refractivity contribution is 5.41. The van der Waals surface area contributed by atoms with Crippen LogP contribution in [-0.4, -0.2) is 54.7 Å². The van der Waals surface area contributed by atoms with Crippen LogP contribution < -0.4 is 9.47 Å². The first-order chi connectivity index (χ1) is 14.0. The SMILES string of the molecule is COc1ccc2c(c1)CN(Cc1cccnc1)CC1(CCC(CN(C)C)CC1)O2. The molecule has 0 atom stereocenters. The minimum Gasteiger partial charge on any atom is -0.497 e. The fourth-order valence-corrected chi connectivity index (χ4v) is 4.90. The van der Waals surface area contributed by atoms with Gasteiger partial charge in [0.25, 0.3) is 0 Å². The number of rotatable bonds is 5. The molecule has 1 fully saturated rings. The molecule has 0 amide bonds. The highest BCUT2D eigenvalue weighted by Gasteiger charge is 2.41. The Morgan fingerprint density at radius 3 is 2.76 bits per heavy atom. The molecule has 0 bridgehead atoms. The lowest BCUT2D eigenvalue weighted by Crippen LogP contribution is -2.48. The summed E-state index contributed by atoms with van der Waals surface area (Å²) in [7, 11) is 6.07. The van der Waals surface area contributed by atoms with Crippen molar-refractivity contribution < 1.29 is 9.47 Å². The number of pyridine rings is 1.